The molecule has 0 unspecified atom stereocenters. The number of hydrogen-bond donors (Lipinski definition) is 0. The molecule has 1 aromatic carbocycles. The number of pyridine rings is 2. The zero-order valence-electron chi connectivity index (χ0n) is 14.0. The molecule has 4 rings (SSSR count). The van der Waals surface area contributed by atoms with Crippen LogP contribution in [0.25, 0.3) is 10.9 Å². The van der Waals surface area contributed by atoms with Crippen molar-refractivity contribution in [2.75, 3.05) is 31.1 Å². The number of nitrogens with zero attached hydrogens (tertiary/aromatic N) is 5. The SMILES string of the molecule is N#Cc1ccnc(N2CCN(Cc3ccc4ccccc4n3)CC2)c1. The predicted molar refractivity (Wildman–Crippen MR) is 98.2 cm³/mol. The molecule has 0 N–H and O–H groups in total. The third-order valence-electron chi connectivity index (χ3n) is 4.61. The molecule has 25 heavy (non-hydrogen) atoms. The van der Waals surface area contributed by atoms with E-state index in [1.165, 1.54) is 5.39 Å². The Bertz CT molecular complexity index is 923. The summed E-state index contributed by atoms with van der Waals surface area (Å²) in [7, 11) is 0. The van der Waals surface area contributed by atoms with Crippen LogP contribution in [0.5, 0.6) is 0 Å². The molecule has 2 aromatic heterocycles. The van der Waals surface area contributed by atoms with Gasteiger partial charge in [0, 0.05) is 44.3 Å². The van der Waals surface area contributed by atoms with E-state index < -0.39 is 0 Å². The lowest BCUT2D eigenvalue weighted by atomic mass is 10.2. The molecule has 0 saturated carbocycles. The fraction of sp³-hybridized carbons (Fsp3) is 0.250. The van der Waals surface area contributed by atoms with Gasteiger partial charge in [-0.05, 0) is 24.3 Å². The average molecular weight is 329 g/mol. The molecule has 0 radical (unpaired) electrons. The number of para-hydroxylation sites is 1. The fourth-order valence-electron chi connectivity index (χ4n) is 3.22. The molecule has 0 spiro atoms. The van der Waals surface area contributed by atoms with Gasteiger partial charge in [-0.25, -0.2) is 4.98 Å². The highest BCUT2D eigenvalue weighted by Gasteiger charge is 2.18. The predicted octanol–water partition coefficient (Wildman–Crippen LogP) is 2.82. The molecule has 1 aliphatic rings. The fourth-order valence-corrected chi connectivity index (χ4v) is 3.22. The summed E-state index contributed by atoms with van der Waals surface area (Å²) < 4.78 is 0. The Labute approximate surface area is 147 Å². The van der Waals surface area contributed by atoms with Crippen LogP contribution in [-0.2, 0) is 6.54 Å². The molecule has 5 nitrogen and oxygen atoms in total. The molecule has 1 aliphatic heterocycles. The second-order valence-corrected chi connectivity index (χ2v) is 6.27. The number of anilines is 1. The molecular formula is C20H19N5. The van der Waals surface area contributed by atoms with Crippen LogP contribution in [-0.4, -0.2) is 41.0 Å². The molecule has 3 heterocycles. The summed E-state index contributed by atoms with van der Waals surface area (Å²) in [5.41, 5.74) is 2.82. The van der Waals surface area contributed by atoms with Gasteiger partial charge in [0.1, 0.15) is 5.82 Å². The van der Waals surface area contributed by atoms with Crippen molar-refractivity contribution in [3.05, 3.63) is 66.0 Å². The second kappa shape index (κ2) is 6.88. The largest absolute Gasteiger partial charge is 0.354 e. The van der Waals surface area contributed by atoms with Crippen LogP contribution in [0.4, 0.5) is 5.82 Å². The maximum Gasteiger partial charge on any atom is 0.129 e. The van der Waals surface area contributed by atoms with Crippen molar-refractivity contribution in [1.82, 2.24) is 14.9 Å². The third-order valence-corrected chi connectivity index (χ3v) is 4.61. The Morgan fingerprint density at radius 3 is 2.68 bits per heavy atom. The summed E-state index contributed by atoms with van der Waals surface area (Å²) in [4.78, 5) is 13.8. The summed E-state index contributed by atoms with van der Waals surface area (Å²) >= 11 is 0. The van der Waals surface area contributed by atoms with E-state index >= 15 is 0 Å². The van der Waals surface area contributed by atoms with Crippen LogP contribution in [0.3, 0.4) is 0 Å². The lowest BCUT2D eigenvalue weighted by Gasteiger charge is -2.35. The molecular weight excluding hydrogens is 310 g/mol. The van der Waals surface area contributed by atoms with E-state index in [9.17, 15) is 0 Å². The number of fused-ring (bicyclic) bond motifs is 1. The van der Waals surface area contributed by atoms with E-state index in [1.54, 1.807) is 12.3 Å². The van der Waals surface area contributed by atoms with Gasteiger partial charge in [0.15, 0.2) is 0 Å². The minimum Gasteiger partial charge on any atom is -0.354 e. The molecule has 3 aromatic rings. The van der Waals surface area contributed by atoms with Crippen molar-refractivity contribution in [3.8, 4) is 6.07 Å². The Balaban J connectivity index is 1.40. The van der Waals surface area contributed by atoms with Crippen LogP contribution >= 0.6 is 0 Å². The second-order valence-electron chi connectivity index (χ2n) is 6.27. The first kappa shape index (κ1) is 15.6. The van der Waals surface area contributed by atoms with Crippen molar-refractivity contribution >= 4 is 16.7 Å². The molecule has 0 atom stereocenters. The van der Waals surface area contributed by atoms with Crippen molar-refractivity contribution in [3.63, 3.8) is 0 Å². The first-order chi connectivity index (χ1) is 12.3. The summed E-state index contributed by atoms with van der Waals surface area (Å²) in [6.07, 6.45) is 1.71. The number of aromatic nitrogens is 2. The number of piperazine rings is 1. The summed E-state index contributed by atoms with van der Waals surface area (Å²) in [6, 6.07) is 18.3. The Hall–Kier alpha value is -2.97. The van der Waals surface area contributed by atoms with Gasteiger partial charge in [0.25, 0.3) is 0 Å². The van der Waals surface area contributed by atoms with Gasteiger partial charge in [-0.3, -0.25) is 9.88 Å². The molecule has 0 aliphatic carbocycles. The highest BCUT2D eigenvalue weighted by molar-refractivity contribution is 5.78. The molecule has 124 valence electrons. The van der Waals surface area contributed by atoms with Gasteiger partial charge in [0.2, 0.25) is 0 Å². The number of benzene rings is 1. The minimum absolute atomic E-state index is 0.660. The molecule has 0 amide bonds. The van der Waals surface area contributed by atoms with Gasteiger partial charge in [0.05, 0.1) is 22.8 Å². The van der Waals surface area contributed by atoms with Crippen LogP contribution in [0, 0.1) is 11.3 Å². The normalized spacial score (nSPS) is 15.2. The van der Waals surface area contributed by atoms with Crippen LogP contribution in [0.1, 0.15) is 11.3 Å². The van der Waals surface area contributed by atoms with Crippen molar-refractivity contribution < 1.29 is 0 Å². The Kier molecular flexibility index (Phi) is 4.28. The molecule has 1 fully saturated rings. The first-order valence-electron chi connectivity index (χ1n) is 8.50. The van der Waals surface area contributed by atoms with E-state index in [4.69, 9.17) is 10.2 Å². The Morgan fingerprint density at radius 2 is 1.84 bits per heavy atom. The molecule has 1 saturated heterocycles. The quantitative estimate of drug-likeness (QED) is 0.739. The summed E-state index contributed by atoms with van der Waals surface area (Å²) in [5, 5.41) is 10.2. The van der Waals surface area contributed by atoms with Crippen molar-refractivity contribution in [1.29, 1.82) is 5.26 Å². The maximum atomic E-state index is 9.03. The summed E-state index contributed by atoms with van der Waals surface area (Å²) in [6.45, 7) is 4.62. The van der Waals surface area contributed by atoms with E-state index in [-0.39, 0.29) is 0 Å². The Morgan fingerprint density at radius 1 is 1.00 bits per heavy atom. The topological polar surface area (TPSA) is 56.1 Å². The van der Waals surface area contributed by atoms with Crippen molar-refractivity contribution in [2.24, 2.45) is 0 Å². The standard InChI is InChI=1S/C20H19N5/c21-14-16-7-8-22-20(13-16)25-11-9-24(10-12-25)15-18-6-5-17-3-1-2-4-19(17)23-18/h1-8,13H,9-12,15H2. The van der Waals surface area contributed by atoms with Crippen molar-refractivity contribution in [2.45, 2.75) is 6.54 Å². The van der Waals surface area contributed by atoms with Crippen LogP contribution in [0.15, 0.2) is 54.7 Å². The smallest absolute Gasteiger partial charge is 0.129 e. The van der Waals surface area contributed by atoms with Gasteiger partial charge in [-0.2, -0.15) is 5.26 Å². The van der Waals surface area contributed by atoms with Gasteiger partial charge in [-0.1, -0.05) is 24.3 Å². The van der Waals surface area contributed by atoms with E-state index in [2.05, 4.69) is 45.1 Å². The maximum absolute atomic E-state index is 9.03. The zero-order chi connectivity index (χ0) is 17.1. The van der Waals surface area contributed by atoms with Gasteiger partial charge >= 0.3 is 0 Å². The average Bonchev–Trinajstić information content (AvgIpc) is 2.68. The van der Waals surface area contributed by atoms with E-state index in [0.29, 0.717) is 5.56 Å². The first-order valence-corrected chi connectivity index (χ1v) is 8.50. The highest BCUT2D eigenvalue weighted by atomic mass is 15.3. The lowest BCUT2D eigenvalue weighted by Crippen LogP contribution is -2.46. The van der Waals surface area contributed by atoms with E-state index in [0.717, 1.165) is 49.8 Å². The monoisotopic (exact) mass is 329 g/mol. The molecule has 0 bridgehead atoms. The summed E-state index contributed by atoms with van der Waals surface area (Å²) in [5.74, 6) is 0.891. The number of nitriles is 1. The van der Waals surface area contributed by atoms with E-state index in [1.807, 2.05) is 18.2 Å². The number of hydrogen-bond acceptors (Lipinski definition) is 5. The van der Waals surface area contributed by atoms with Gasteiger partial charge < -0.3 is 4.90 Å². The minimum atomic E-state index is 0.660. The molecule has 5 heteroatoms. The van der Waals surface area contributed by atoms with Gasteiger partial charge in [-0.15, -0.1) is 0 Å². The van der Waals surface area contributed by atoms with Crippen LogP contribution < -0.4 is 4.90 Å². The highest BCUT2D eigenvalue weighted by Crippen LogP contribution is 2.17. The number of rotatable bonds is 3. The zero-order valence-corrected chi connectivity index (χ0v) is 14.0. The third kappa shape index (κ3) is 3.44. The van der Waals surface area contributed by atoms with Crippen LogP contribution in [0.2, 0.25) is 0 Å². The lowest BCUT2D eigenvalue weighted by molar-refractivity contribution is 0.247.